The van der Waals surface area contributed by atoms with Crippen LogP contribution in [-0.4, -0.2) is 59.7 Å². The van der Waals surface area contributed by atoms with Gasteiger partial charge in [0.2, 0.25) is 0 Å². The first-order valence-corrected chi connectivity index (χ1v) is 9.04. The Balaban J connectivity index is 0.00000225. The maximum atomic E-state index is 9.94. The molecular weight excluding hydrogens is 431 g/mol. The monoisotopic (exact) mass is 462 g/mol. The quantitative estimate of drug-likeness (QED) is 0.358. The van der Waals surface area contributed by atoms with Crippen LogP contribution in [0.15, 0.2) is 17.4 Å². The molecule has 3 rings (SSSR count). The van der Waals surface area contributed by atoms with E-state index >= 15 is 0 Å². The fourth-order valence-electron chi connectivity index (χ4n) is 3.77. The van der Waals surface area contributed by atoms with Crippen molar-refractivity contribution in [3.8, 4) is 0 Å². The van der Waals surface area contributed by atoms with Crippen molar-refractivity contribution in [3.05, 3.63) is 12.4 Å². The van der Waals surface area contributed by atoms with Crippen LogP contribution in [0.2, 0.25) is 0 Å². The maximum Gasteiger partial charge on any atom is 0.191 e. The van der Waals surface area contributed by atoms with Crippen LogP contribution >= 0.6 is 24.0 Å². The van der Waals surface area contributed by atoms with E-state index in [-0.39, 0.29) is 30.1 Å². The molecule has 0 aromatic carbocycles. The zero-order chi connectivity index (χ0) is 16.9. The summed E-state index contributed by atoms with van der Waals surface area (Å²) in [6, 6.07) is 0.374. The van der Waals surface area contributed by atoms with E-state index in [1.165, 1.54) is 5.69 Å². The van der Waals surface area contributed by atoms with Gasteiger partial charge < -0.3 is 20.6 Å². The highest BCUT2D eigenvalue weighted by molar-refractivity contribution is 14.0. The van der Waals surface area contributed by atoms with E-state index in [4.69, 9.17) is 0 Å². The maximum absolute atomic E-state index is 9.94. The van der Waals surface area contributed by atoms with Crippen molar-refractivity contribution in [1.82, 2.24) is 20.4 Å². The van der Waals surface area contributed by atoms with Crippen LogP contribution in [0.4, 0.5) is 5.69 Å². The average Bonchev–Trinajstić information content (AvgIpc) is 3.20. The zero-order valence-corrected chi connectivity index (χ0v) is 17.5. The molecule has 7 nitrogen and oxygen atoms in total. The lowest BCUT2D eigenvalue weighted by Gasteiger charge is -2.34. The van der Waals surface area contributed by atoms with Crippen LogP contribution in [0.1, 0.15) is 32.1 Å². The molecule has 3 atom stereocenters. The summed E-state index contributed by atoms with van der Waals surface area (Å²) in [6.07, 6.45) is 9.29. The first-order valence-electron chi connectivity index (χ1n) is 9.04. The molecule has 25 heavy (non-hydrogen) atoms. The zero-order valence-electron chi connectivity index (χ0n) is 15.2. The van der Waals surface area contributed by atoms with Gasteiger partial charge in [-0.05, 0) is 25.7 Å². The van der Waals surface area contributed by atoms with Crippen molar-refractivity contribution in [2.45, 2.75) is 44.2 Å². The number of aliphatic hydroxyl groups is 1. The Morgan fingerprint density at radius 2 is 2.20 bits per heavy atom. The molecule has 1 saturated heterocycles. The van der Waals surface area contributed by atoms with Crippen molar-refractivity contribution in [2.24, 2.45) is 18.0 Å². The highest BCUT2D eigenvalue weighted by Gasteiger charge is 2.26. The molecule has 142 valence electrons. The first-order chi connectivity index (χ1) is 11.7. The van der Waals surface area contributed by atoms with Crippen molar-refractivity contribution < 1.29 is 5.11 Å². The normalized spacial score (nSPS) is 27.1. The number of aromatic nitrogens is 2. The van der Waals surface area contributed by atoms with E-state index in [1.807, 2.05) is 25.0 Å². The molecule has 1 saturated carbocycles. The highest BCUT2D eigenvalue weighted by atomic mass is 127. The predicted molar refractivity (Wildman–Crippen MR) is 112 cm³/mol. The van der Waals surface area contributed by atoms with Gasteiger partial charge in [-0.3, -0.25) is 9.67 Å². The fourth-order valence-corrected chi connectivity index (χ4v) is 3.77. The summed E-state index contributed by atoms with van der Waals surface area (Å²) in [4.78, 5) is 6.73. The average molecular weight is 462 g/mol. The molecule has 2 heterocycles. The molecule has 0 spiro atoms. The van der Waals surface area contributed by atoms with Gasteiger partial charge >= 0.3 is 0 Å². The second-order valence-electron chi connectivity index (χ2n) is 7.01. The molecule has 2 aliphatic rings. The Bertz CT molecular complexity index is 563. The van der Waals surface area contributed by atoms with Gasteiger partial charge in [0.05, 0.1) is 18.0 Å². The number of piperidine rings is 1. The van der Waals surface area contributed by atoms with Gasteiger partial charge in [-0.1, -0.05) is 6.42 Å². The van der Waals surface area contributed by atoms with E-state index in [1.54, 1.807) is 0 Å². The van der Waals surface area contributed by atoms with Gasteiger partial charge in [0.15, 0.2) is 5.96 Å². The van der Waals surface area contributed by atoms with E-state index in [9.17, 15) is 5.11 Å². The molecule has 0 bridgehead atoms. The Hall–Kier alpha value is -1.03. The molecular formula is C17H31IN6O. The molecule has 2 fully saturated rings. The summed E-state index contributed by atoms with van der Waals surface area (Å²) in [5, 5.41) is 21.1. The van der Waals surface area contributed by atoms with Gasteiger partial charge in [0.25, 0.3) is 0 Å². The molecule has 3 N–H and O–H groups in total. The Kier molecular flexibility index (Phi) is 7.80. The van der Waals surface area contributed by atoms with Crippen LogP contribution in [0.3, 0.4) is 0 Å². The number of hydrogen-bond donors (Lipinski definition) is 3. The third-order valence-corrected chi connectivity index (χ3v) is 5.19. The standard InChI is InChI=1S/C17H30N6O.HI/c1-18-17(19-9-13-5-3-7-16(13)24)21-14-6-4-8-23(11-14)15-10-20-22(2)12-15;/h10,12-14,16,24H,3-9,11H2,1-2H3,(H2,18,19,21);1H. The molecule has 1 aromatic rings. The van der Waals surface area contributed by atoms with Crippen molar-refractivity contribution in [1.29, 1.82) is 0 Å². The number of nitrogens with zero attached hydrogens (tertiary/aromatic N) is 4. The first kappa shape index (κ1) is 20.3. The predicted octanol–water partition coefficient (Wildman–Crippen LogP) is 1.33. The molecule has 0 amide bonds. The molecule has 1 aliphatic heterocycles. The third kappa shape index (κ3) is 5.47. The molecule has 8 heteroatoms. The van der Waals surface area contributed by atoms with Gasteiger partial charge in [-0.2, -0.15) is 5.10 Å². The minimum atomic E-state index is -0.161. The summed E-state index contributed by atoms with van der Waals surface area (Å²) in [5.41, 5.74) is 1.18. The van der Waals surface area contributed by atoms with Gasteiger partial charge in [0, 0.05) is 51.9 Å². The van der Waals surface area contributed by atoms with E-state index < -0.39 is 0 Å². The second-order valence-corrected chi connectivity index (χ2v) is 7.01. The number of guanidine groups is 1. The van der Waals surface area contributed by atoms with Crippen LogP contribution in [-0.2, 0) is 7.05 Å². The van der Waals surface area contributed by atoms with Gasteiger partial charge in [-0.15, -0.1) is 24.0 Å². The number of anilines is 1. The molecule has 3 unspecified atom stereocenters. The topological polar surface area (TPSA) is 77.7 Å². The molecule has 1 aromatic heterocycles. The van der Waals surface area contributed by atoms with Crippen molar-refractivity contribution in [2.75, 3.05) is 31.6 Å². The van der Waals surface area contributed by atoms with Crippen LogP contribution in [0.5, 0.6) is 0 Å². The fraction of sp³-hybridized carbons (Fsp3) is 0.765. The highest BCUT2D eigenvalue weighted by Crippen LogP contribution is 2.24. The number of rotatable bonds is 4. The van der Waals surface area contributed by atoms with Crippen LogP contribution in [0, 0.1) is 5.92 Å². The van der Waals surface area contributed by atoms with E-state index in [0.717, 1.165) is 57.7 Å². The summed E-state index contributed by atoms with van der Waals surface area (Å²) in [6.45, 7) is 2.82. The third-order valence-electron chi connectivity index (χ3n) is 5.19. The molecule has 0 radical (unpaired) electrons. The smallest absolute Gasteiger partial charge is 0.191 e. The lowest BCUT2D eigenvalue weighted by atomic mass is 10.1. The lowest BCUT2D eigenvalue weighted by molar-refractivity contribution is 0.134. The van der Waals surface area contributed by atoms with Gasteiger partial charge in [0.1, 0.15) is 0 Å². The van der Waals surface area contributed by atoms with Gasteiger partial charge in [-0.25, -0.2) is 0 Å². The Morgan fingerprint density at radius 1 is 1.36 bits per heavy atom. The second kappa shape index (κ2) is 9.61. The lowest BCUT2D eigenvalue weighted by Crippen LogP contribution is -2.52. The molecule has 1 aliphatic carbocycles. The van der Waals surface area contributed by atoms with E-state index in [0.29, 0.717) is 12.0 Å². The number of hydrogen-bond acceptors (Lipinski definition) is 4. The van der Waals surface area contributed by atoms with Crippen LogP contribution in [0.25, 0.3) is 0 Å². The largest absolute Gasteiger partial charge is 0.393 e. The SMILES string of the molecule is CN=C(NCC1CCCC1O)NC1CCCN(c2cnn(C)c2)C1.I. The Labute approximate surface area is 167 Å². The number of aliphatic hydroxyl groups excluding tert-OH is 1. The Morgan fingerprint density at radius 3 is 2.84 bits per heavy atom. The number of nitrogens with one attached hydrogen (secondary N) is 2. The van der Waals surface area contributed by atoms with Crippen molar-refractivity contribution >= 4 is 35.6 Å². The summed E-state index contributed by atoms with van der Waals surface area (Å²) >= 11 is 0. The van der Waals surface area contributed by atoms with Crippen molar-refractivity contribution in [3.63, 3.8) is 0 Å². The summed E-state index contributed by atoms with van der Waals surface area (Å²) < 4.78 is 1.85. The number of halogens is 1. The number of aliphatic imine (C=N–C) groups is 1. The summed E-state index contributed by atoms with van der Waals surface area (Å²) in [7, 11) is 3.76. The summed E-state index contributed by atoms with van der Waals surface area (Å²) in [5.74, 6) is 1.19. The van der Waals surface area contributed by atoms with Crippen LogP contribution < -0.4 is 15.5 Å². The number of aryl methyl sites for hydroxylation is 1. The minimum Gasteiger partial charge on any atom is -0.393 e. The van der Waals surface area contributed by atoms with E-state index in [2.05, 4.69) is 31.8 Å². The minimum absolute atomic E-state index is 0.